The van der Waals surface area contributed by atoms with Crippen molar-refractivity contribution < 1.29 is 24.8 Å². The van der Waals surface area contributed by atoms with Gasteiger partial charge in [-0.2, -0.15) is 0 Å². The summed E-state index contributed by atoms with van der Waals surface area (Å²) in [4.78, 5) is 0. The Morgan fingerprint density at radius 2 is 1.89 bits per heavy atom. The van der Waals surface area contributed by atoms with Gasteiger partial charge >= 0.3 is 0 Å². The van der Waals surface area contributed by atoms with Crippen molar-refractivity contribution in [2.45, 2.75) is 31.2 Å². The summed E-state index contributed by atoms with van der Waals surface area (Å²) in [6, 6.07) is 7.05. The molecule has 0 aliphatic carbocycles. The number of aliphatic hydroxyl groups excluding tert-OH is 3. The van der Waals surface area contributed by atoms with Crippen molar-refractivity contribution in [3.05, 3.63) is 34.9 Å². The zero-order valence-electron chi connectivity index (χ0n) is 9.57. The van der Waals surface area contributed by atoms with Gasteiger partial charge in [0.05, 0.1) is 13.2 Å². The smallest absolute Gasteiger partial charge is 0.184 e. The molecule has 0 saturated carbocycles. The van der Waals surface area contributed by atoms with Gasteiger partial charge in [-0.25, -0.2) is 0 Å². The van der Waals surface area contributed by atoms with Crippen LogP contribution in [0.3, 0.4) is 0 Å². The van der Waals surface area contributed by atoms with Gasteiger partial charge in [0.15, 0.2) is 6.29 Å². The number of aliphatic hydroxyl groups is 3. The number of hydrogen-bond donors (Lipinski definition) is 3. The monoisotopic (exact) mass is 274 g/mol. The molecule has 0 amide bonds. The van der Waals surface area contributed by atoms with Crippen LogP contribution in [-0.2, 0) is 16.1 Å². The van der Waals surface area contributed by atoms with E-state index in [4.69, 9.17) is 26.2 Å². The van der Waals surface area contributed by atoms with E-state index in [-0.39, 0.29) is 13.2 Å². The van der Waals surface area contributed by atoms with Crippen LogP contribution in [0, 0.1) is 0 Å². The second-order valence-corrected chi connectivity index (χ2v) is 4.58. The second-order valence-electron chi connectivity index (χ2n) is 4.14. The molecule has 0 bridgehead atoms. The highest BCUT2D eigenvalue weighted by Gasteiger charge is 2.43. The van der Waals surface area contributed by atoms with Crippen LogP contribution < -0.4 is 0 Å². The van der Waals surface area contributed by atoms with Crippen LogP contribution in [0.25, 0.3) is 0 Å². The molecule has 0 radical (unpaired) electrons. The van der Waals surface area contributed by atoms with Gasteiger partial charge in [-0.05, 0) is 17.7 Å². The van der Waals surface area contributed by atoms with Gasteiger partial charge in [0, 0.05) is 5.02 Å². The van der Waals surface area contributed by atoms with E-state index in [0.717, 1.165) is 5.56 Å². The molecule has 0 aromatic heterocycles. The number of hydrogen-bond acceptors (Lipinski definition) is 5. The summed E-state index contributed by atoms with van der Waals surface area (Å²) in [6.07, 6.45) is -3.95. The summed E-state index contributed by atoms with van der Waals surface area (Å²) >= 11 is 5.75. The average Bonchev–Trinajstić information content (AvgIpc) is 2.64. The molecule has 1 heterocycles. The van der Waals surface area contributed by atoms with E-state index in [0.29, 0.717) is 5.02 Å². The summed E-state index contributed by atoms with van der Waals surface area (Å²) < 4.78 is 10.4. The molecule has 100 valence electrons. The third-order valence-electron chi connectivity index (χ3n) is 2.85. The first kappa shape index (κ1) is 13.7. The minimum atomic E-state index is -1.23. The van der Waals surface area contributed by atoms with Crippen molar-refractivity contribution in [3.63, 3.8) is 0 Å². The average molecular weight is 275 g/mol. The number of halogens is 1. The van der Waals surface area contributed by atoms with Crippen LogP contribution in [0.1, 0.15) is 5.56 Å². The van der Waals surface area contributed by atoms with Crippen molar-refractivity contribution in [2.24, 2.45) is 0 Å². The minimum Gasteiger partial charge on any atom is -0.394 e. The lowest BCUT2D eigenvalue weighted by Gasteiger charge is -2.17. The Hall–Kier alpha value is -0.690. The molecular formula is C12H15ClO5. The molecule has 18 heavy (non-hydrogen) atoms. The van der Waals surface area contributed by atoms with E-state index < -0.39 is 24.6 Å². The van der Waals surface area contributed by atoms with Crippen molar-refractivity contribution in [1.29, 1.82) is 0 Å². The van der Waals surface area contributed by atoms with Gasteiger partial charge in [-0.15, -0.1) is 0 Å². The van der Waals surface area contributed by atoms with E-state index in [9.17, 15) is 10.2 Å². The lowest BCUT2D eigenvalue weighted by Crippen LogP contribution is -2.36. The summed E-state index contributed by atoms with van der Waals surface area (Å²) in [6.45, 7) is -0.142. The molecule has 4 atom stereocenters. The van der Waals surface area contributed by atoms with Crippen LogP contribution in [0.4, 0.5) is 0 Å². The van der Waals surface area contributed by atoms with Gasteiger partial charge < -0.3 is 24.8 Å². The van der Waals surface area contributed by atoms with Gasteiger partial charge in [0.1, 0.15) is 18.3 Å². The molecule has 1 fully saturated rings. The van der Waals surface area contributed by atoms with Gasteiger partial charge in [-0.1, -0.05) is 23.7 Å². The standard InChI is InChI=1S/C12H15ClO5/c13-8-3-1-7(2-4-8)6-17-11-10(15)9(5-14)18-12(11)16/h1-4,9-12,14-16H,5-6H2/t9-,10-,11-,12+/m1/s1. The molecule has 3 N–H and O–H groups in total. The maximum atomic E-state index is 9.75. The Morgan fingerprint density at radius 3 is 2.44 bits per heavy atom. The Bertz CT molecular complexity index is 383. The first-order chi connectivity index (χ1) is 8.61. The van der Waals surface area contributed by atoms with E-state index in [1.807, 2.05) is 0 Å². The summed E-state index contributed by atoms with van der Waals surface area (Å²) in [7, 11) is 0. The van der Waals surface area contributed by atoms with Crippen LogP contribution in [-0.4, -0.2) is 46.5 Å². The first-order valence-corrected chi connectivity index (χ1v) is 5.98. The zero-order chi connectivity index (χ0) is 13.1. The Morgan fingerprint density at radius 1 is 1.22 bits per heavy atom. The van der Waals surface area contributed by atoms with E-state index in [1.54, 1.807) is 24.3 Å². The topological polar surface area (TPSA) is 79.2 Å². The maximum Gasteiger partial charge on any atom is 0.184 e. The van der Waals surface area contributed by atoms with E-state index in [2.05, 4.69) is 0 Å². The Labute approximate surface area is 110 Å². The lowest BCUT2D eigenvalue weighted by molar-refractivity contribution is -0.150. The molecule has 0 spiro atoms. The first-order valence-electron chi connectivity index (χ1n) is 5.60. The number of ether oxygens (including phenoxy) is 2. The lowest BCUT2D eigenvalue weighted by atomic mass is 10.1. The van der Waals surface area contributed by atoms with Crippen LogP contribution in [0.15, 0.2) is 24.3 Å². The van der Waals surface area contributed by atoms with Gasteiger partial charge in [0.25, 0.3) is 0 Å². The Kier molecular flexibility index (Phi) is 4.55. The third-order valence-corrected chi connectivity index (χ3v) is 3.10. The van der Waals surface area contributed by atoms with E-state index >= 15 is 0 Å². The molecular weight excluding hydrogens is 260 g/mol. The normalized spacial score (nSPS) is 31.8. The maximum absolute atomic E-state index is 9.75. The van der Waals surface area contributed by atoms with Gasteiger partial charge in [-0.3, -0.25) is 0 Å². The molecule has 1 aromatic carbocycles. The van der Waals surface area contributed by atoms with Crippen molar-refractivity contribution in [2.75, 3.05) is 6.61 Å². The molecule has 1 aromatic rings. The van der Waals surface area contributed by atoms with Crippen LogP contribution >= 0.6 is 11.6 Å². The molecule has 1 aliphatic rings. The molecule has 2 rings (SSSR count). The quantitative estimate of drug-likeness (QED) is 0.736. The van der Waals surface area contributed by atoms with Crippen molar-refractivity contribution in [1.82, 2.24) is 0 Å². The predicted octanol–water partition coefficient (Wildman–Crippen LogP) is 0.296. The van der Waals surface area contributed by atoms with Gasteiger partial charge in [0.2, 0.25) is 0 Å². The third kappa shape index (κ3) is 3.00. The highest BCUT2D eigenvalue weighted by Crippen LogP contribution is 2.23. The van der Waals surface area contributed by atoms with Crippen LogP contribution in [0.5, 0.6) is 0 Å². The summed E-state index contributed by atoms with van der Waals surface area (Å²) in [5, 5.41) is 28.8. The highest BCUT2D eigenvalue weighted by molar-refractivity contribution is 6.30. The highest BCUT2D eigenvalue weighted by atomic mass is 35.5. The minimum absolute atomic E-state index is 0.220. The van der Waals surface area contributed by atoms with E-state index in [1.165, 1.54) is 0 Å². The molecule has 0 unspecified atom stereocenters. The Balaban J connectivity index is 1.92. The molecule has 1 saturated heterocycles. The molecule has 6 heteroatoms. The summed E-state index contributed by atoms with van der Waals surface area (Å²) in [5.41, 5.74) is 0.867. The predicted molar refractivity (Wildman–Crippen MR) is 64.0 cm³/mol. The SMILES string of the molecule is OC[C@H]1O[C@H](O)[C@H](OCc2ccc(Cl)cc2)[C@@H]1O. The fraction of sp³-hybridized carbons (Fsp3) is 0.500. The number of rotatable bonds is 4. The molecule has 5 nitrogen and oxygen atoms in total. The van der Waals surface area contributed by atoms with Crippen molar-refractivity contribution >= 4 is 11.6 Å². The van der Waals surface area contributed by atoms with Crippen molar-refractivity contribution in [3.8, 4) is 0 Å². The summed E-state index contributed by atoms with van der Waals surface area (Å²) in [5.74, 6) is 0. The fourth-order valence-corrected chi connectivity index (χ4v) is 1.95. The fourth-order valence-electron chi connectivity index (χ4n) is 1.82. The molecule has 1 aliphatic heterocycles. The zero-order valence-corrected chi connectivity index (χ0v) is 10.3. The number of benzene rings is 1. The largest absolute Gasteiger partial charge is 0.394 e. The second kappa shape index (κ2) is 5.97. The van der Waals surface area contributed by atoms with Crippen LogP contribution in [0.2, 0.25) is 5.02 Å².